The van der Waals surface area contributed by atoms with Gasteiger partial charge in [0, 0.05) is 6.42 Å². The van der Waals surface area contributed by atoms with Crippen LogP contribution in [0.2, 0.25) is 0 Å². The Hall–Kier alpha value is -1.83. The van der Waals surface area contributed by atoms with Crippen molar-refractivity contribution in [2.45, 2.75) is 33.6 Å². The molecular weight excluding hydrogens is 224 g/mol. The summed E-state index contributed by atoms with van der Waals surface area (Å²) in [5, 5.41) is 11.3. The van der Waals surface area contributed by atoms with Gasteiger partial charge in [0.05, 0.1) is 0 Å². The Morgan fingerprint density at radius 2 is 1.56 bits per heavy atom. The van der Waals surface area contributed by atoms with Crippen LogP contribution in [0.4, 0.5) is 0 Å². The standard InChI is InChI=1S/C16H18O2/c1-10-11(2)14-6-4-5-7-15(14)12(3)13(10)8-9-16(17)18/h4-7H,8-9H2,1-3H3,(H,17,18). The summed E-state index contributed by atoms with van der Waals surface area (Å²) in [4.78, 5) is 10.7. The smallest absolute Gasteiger partial charge is 0.303 e. The van der Waals surface area contributed by atoms with E-state index in [2.05, 4.69) is 32.9 Å². The lowest BCUT2D eigenvalue weighted by Crippen LogP contribution is -2.03. The first kappa shape index (κ1) is 12.6. The van der Waals surface area contributed by atoms with E-state index in [0.717, 1.165) is 0 Å². The minimum Gasteiger partial charge on any atom is -0.481 e. The quantitative estimate of drug-likeness (QED) is 0.889. The van der Waals surface area contributed by atoms with E-state index in [1.165, 1.54) is 33.0 Å². The third kappa shape index (κ3) is 2.10. The molecule has 0 aromatic heterocycles. The lowest BCUT2D eigenvalue weighted by atomic mass is 9.89. The fourth-order valence-electron chi connectivity index (χ4n) is 2.62. The Morgan fingerprint density at radius 1 is 1.00 bits per heavy atom. The van der Waals surface area contributed by atoms with Crippen LogP contribution in [0.15, 0.2) is 24.3 Å². The average Bonchev–Trinajstić information content (AvgIpc) is 2.36. The molecule has 1 N–H and O–H groups in total. The Balaban J connectivity index is 2.63. The van der Waals surface area contributed by atoms with E-state index < -0.39 is 5.97 Å². The van der Waals surface area contributed by atoms with Crippen molar-refractivity contribution >= 4 is 16.7 Å². The molecule has 0 fully saturated rings. The SMILES string of the molecule is Cc1c(CCC(=O)O)c(C)c2ccccc2c1C. The first-order valence-corrected chi connectivity index (χ1v) is 6.21. The van der Waals surface area contributed by atoms with Crippen LogP contribution in [-0.4, -0.2) is 11.1 Å². The zero-order valence-corrected chi connectivity index (χ0v) is 11.1. The highest BCUT2D eigenvalue weighted by Gasteiger charge is 2.12. The van der Waals surface area contributed by atoms with Crippen LogP contribution in [0.25, 0.3) is 10.8 Å². The molecule has 0 saturated heterocycles. The van der Waals surface area contributed by atoms with Gasteiger partial charge in [-0.3, -0.25) is 4.79 Å². The van der Waals surface area contributed by atoms with Crippen LogP contribution in [0.5, 0.6) is 0 Å². The van der Waals surface area contributed by atoms with Gasteiger partial charge in [-0.1, -0.05) is 24.3 Å². The van der Waals surface area contributed by atoms with Crippen LogP contribution in [0.3, 0.4) is 0 Å². The fraction of sp³-hybridized carbons (Fsp3) is 0.312. The van der Waals surface area contributed by atoms with Gasteiger partial charge in [-0.2, -0.15) is 0 Å². The number of rotatable bonds is 3. The number of fused-ring (bicyclic) bond motifs is 1. The molecule has 0 radical (unpaired) electrons. The van der Waals surface area contributed by atoms with Crippen molar-refractivity contribution in [1.29, 1.82) is 0 Å². The van der Waals surface area contributed by atoms with Gasteiger partial charge >= 0.3 is 5.97 Å². The first-order valence-electron chi connectivity index (χ1n) is 6.21. The van der Waals surface area contributed by atoms with Crippen molar-refractivity contribution in [1.82, 2.24) is 0 Å². The zero-order valence-electron chi connectivity index (χ0n) is 11.1. The van der Waals surface area contributed by atoms with Crippen molar-refractivity contribution in [3.05, 3.63) is 46.5 Å². The predicted molar refractivity (Wildman–Crippen MR) is 74.1 cm³/mol. The highest BCUT2D eigenvalue weighted by Crippen LogP contribution is 2.30. The minimum atomic E-state index is -0.736. The fourth-order valence-corrected chi connectivity index (χ4v) is 2.62. The Bertz CT molecular complexity index is 612. The molecule has 0 spiro atoms. The van der Waals surface area contributed by atoms with Crippen LogP contribution >= 0.6 is 0 Å². The monoisotopic (exact) mass is 242 g/mol. The van der Waals surface area contributed by atoms with Gasteiger partial charge in [-0.25, -0.2) is 0 Å². The summed E-state index contributed by atoms with van der Waals surface area (Å²) in [6.45, 7) is 6.29. The number of hydrogen-bond acceptors (Lipinski definition) is 1. The van der Waals surface area contributed by atoms with E-state index in [4.69, 9.17) is 5.11 Å². The molecule has 0 aliphatic rings. The number of aliphatic carboxylic acids is 1. The Kier molecular flexibility index (Phi) is 3.37. The second-order valence-corrected chi connectivity index (χ2v) is 4.79. The molecule has 2 nitrogen and oxygen atoms in total. The second-order valence-electron chi connectivity index (χ2n) is 4.79. The van der Waals surface area contributed by atoms with Gasteiger partial charge in [0.25, 0.3) is 0 Å². The van der Waals surface area contributed by atoms with Crippen molar-refractivity contribution in [2.24, 2.45) is 0 Å². The van der Waals surface area contributed by atoms with Crippen LogP contribution < -0.4 is 0 Å². The molecule has 0 amide bonds. The second kappa shape index (κ2) is 4.81. The molecule has 2 aromatic carbocycles. The number of carbonyl (C=O) groups is 1. The Morgan fingerprint density at radius 3 is 2.11 bits per heavy atom. The maximum Gasteiger partial charge on any atom is 0.303 e. The molecule has 18 heavy (non-hydrogen) atoms. The average molecular weight is 242 g/mol. The van der Waals surface area contributed by atoms with Gasteiger partial charge in [-0.15, -0.1) is 0 Å². The molecule has 2 aromatic rings. The minimum absolute atomic E-state index is 0.194. The normalized spacial score (nSPS) is 10.8. The van der Waals surface area contributed by atoms with E-state index in [-0.39, 0.29) is 6.42 Å². The van der Waals surface area contributed by atoms with E-state index in [1.54, 1.807) is 0 Å². The third-order valence-electron chi connectivity index (χ3n) is 3.79. The predicted octanol–water partition coefficient (Wildman–Crippen LogP) is 3.78. The van der Waals surface area contributed by atoms with E-state index in [9.17, 15) is 4.79 Å². The molecule has 0 aliphatic carbocycles. The van der Waals surface area contributed by atoms with Crippen molar-refractivity contribution in [3.8, 4) is 0 Å². The molecule has 2 heteroatoms. The van der Waals surface area contributed by atoms with Gasteiger partial charge in [-0.05, 0) is 60.2 Å². The summed E-state index contributed by atoms with van der Waals surface area (Å²) in [6.07, 6.45) is 0.804. The summed E-state index contributed by atoms with van der Waals surface area (Å²) in [7, 11) is 0. The third-order valence-corrected chi connectivity index (χ3v) is 3.79. The molecular formula is C16H18O2. The molecule has 0 aliphatic heterocycles. The number of aryl methyl sites for hydroxylation is 2. The van der Waals surface area contributed by atoms with Gasteiger partial charge in [0.15, 0.2) is 0 Å². The summed E-state index contributed by atoms with van der Waals surface area (Å²) >= 11 is 0. The van der Waals surface area contributed by atoms with Gasteiger partial charge in [0.1, 0.15) is 0 Å². The summed E-state index contributed by atoms with van der Waals surface area (Å²) < 4.78 is 0. The highest BCUT2D eigenvalue weighted by atomic mass is 16.4. The van der Waals surface area contributed by atoms with Crippen LogP contribution in [0, 0.1) is 20.8 Å². The largest absolute Gasteiger partial charge is 0.481 e. The summed E-state index contributed by atoms with van der Waals surface area (Å²) in [6, 6.07) is 8.32. The van der Waals surface area contributed by atoms with Crippen molar-refractivity contribution in [3.63, 3.8) is 0 Å². The molecule has 2 rings (SSSR count). The zero-order chi connectivity index (χ0) is 13.3. The van der Waals surface area contributed by atoms with Crippen LogP contribution in [-0.2, 0) is 11.2 Å². The number of hydrogen-bond donors (Lipinski definition) is 1. The maximum absolute atomic E-state index is 10.7. The lowest BCUT2D eigenvalue weighted by Gasteiger charge is -2.16. The number of carboxylic acids is 1. The molecule has 0 saturated carbocycles. The van der Waals surface area contributed by atoms with Crippen LogP contribution in [0.1, 0.15) is 28.7 Å². The number of benzene rings is 2. The van der Waals surface area contributed by atoms with E-state index in [1.807, 2.05) is 12.1 Å². The van der Waals surface area contributed by atoms with Gasteiger partial charge in [0.2, 0.25) is 0 Å². The van der Waals surface area contributed by atoms with E-state index >= 15 is 0 Å². The number of carboxylic acid groups (broad SMARTS) is 1. The topological polar surface area (TPSA) is 37.3 Å². The molecule has 0 unspecified atom stereocenters. The highest BCUT2D eigenvalue weighted by molar-refractivity contribution is 5.90. The Labute approximate surface area is 107 Å². The molecule has 0 heterocycles. The maximum atomic E-state index is 10.7. The van der Waals surface area contributed by atoms with Crippen molar-refractivity contribution < 1.29 is 9.90 Å². The van der Waals surface area contributed by atoms with Gasteiger partial charge < -0.3 is 5.11 Å². The molecule has 0 atom stereocenters. The van der Waals surface area contributed by atoms with Crippen molar-refractivity contribution in [2.75, 3.05) is 0 Å². The first-order chi connectivity index (χ1) is 8.52. The molecule has 94 valence electrons. The lowest BCUT2D eigenvalue weighted by molar-refractivity contribution is -0.136. The summed E-state index contributed by atoms with van der Waals surface area (Å²) in [5.41, 5.74) is 4.90. The van der Waals surface area contributed by atoms with E-state index in [0.29, 0.717) is 6.42 Å². The molecule has 0 bridgehead atoms. The summed E-state index contributed by atoms with van der Waals surface area (Å²) in [5.74, 6) is -0.736.